The first-order valence-electron chi connectivity index (χ1n) is 8.62. The van der Waals surface area contributed by atoms with Gasteiger partial charge in [-0.05, 0) is 31.5 Å². The highest BCUT2D eigenvalue weighted by atomic mass is 16.4. The minimum Gasteiger partial charge on any atom is -0.439 e. The van der Waals surface area contributed by atoms with Crippen LogP contribution in [-0.2, 0) is 6.54 Å². The number of rotatable bonds is 4. The molecule has 0 N–H and O–H groups in total. The Labute approximate surface area is 140 Å². The van der Waals surface area contributed by atoms with Crippen molar-refractivity contribution in [2.24, 2.45) is 0 Å². The fraction of sp³-hybridized carbons (Fsp3) is 0.500. The third-order valence-corrected chi connectivity index (χ3v) is 4.52. The highest BCUT2D eigenvalue weighted by Gasteiger charge is 2.29. The second-order valence-corrected chi connectivity index (χ2v) is 6.69. The lowest BCUT2D eigenvalue weighted by molar-refractivity contribution is 0.108. The summed E-state index contributed by atoms with van der Waals surface area (Å²) >= 11 is 0. The van der Waals surface area contributed by atoms with E-state index in [9.17, 15) is 0 Å². The normalized spacial score (nSPS) is 19.4. The molecular weight excluding hydrogens is 304 g/mol. The number of benzene rings is 1. The summed E-state index contributed by atoms with van der Waals surface area (Å²) in [6.45, 7) is 5.74. The Balaban J connectivity index is 1.58. The Morgan fingerprint density at radius 2 is 2.04 bits per heavy atom. The molecule has 2 aromatic heterocycles. The predicted octanol–water partition coefficient (Wildman–Crippen LogP) is 4.06. The van der Waals surface area contributed by atoms with Crippen molar-refractivity contribution in [2.45, 2.75) is 51.6 Å². The van der Waals surface area contributed by atoms with Gasteiger partial charge < -0.3 is 8.83 Å². The van der Waals surface area contributed by atoms with Crippen LogP contribution in [0.2, 0.25) is 0 Å². The van der Waals surface area contributed by atoms with E-state index >= 15 is 0 Å². The number of para-hydroxylation sites is 2. The van der Waals surface area contributed by atoms with E-state index in [1.165, 1.54) is 12.8 Å². The molecule has 6 heteroatoms. The lowest BCUT2D eigenvalue weighted by Gasteiger charge is -2.32. The molecule has 126 valence electrons. The Bertz CT molecular complexity index is 790. The van der Waals surface area contributed by atoms with Crippen molar-refractivity contribution in [3.63, 3.8) is 0 Å². The molecule has 0 bridgehead atoms. The maximum absolute atomic E-state index is 6.00. The van der Waals surface area contributed by atoms with Crippen molar-refractivity contribution in [1.82, 2.24) is 20.1 Å². The third kappa shape index (κ3) is 2.94. The zero-order chi connectivity index (χ0) is 16.5. The van der Waals surface area contributed by atoms with E-state index in [-0.39, 0.29) is 12.0 Å². The number of piperidine rings is 1. The molecule has 0 saturated carbocycles. The van der Waals surface area contributed by atoms with Crippen LogP contribution < -0.4 is 0 Å². The first-order chi connectivity index (χ1) is 11.7. The predicted molar refractivity (Wildman–Crippen MR) is 89.4 cm³/mol. The van der Waals surface area contributed by atoms with Gasteiger partial charge in [0.2, 0.25) is 17.7 Å². The van der Waals surface area contributed by atoms with Crippen molar-refractivity contribution in [3.05, 3.63) is 41.9 Å². The molecule has 0 aliphatic carbocycles. The number of nitrogens with zero attached hydrogens (tertiary/aromatic N) is 4. The molecule has 6 nitrogen and oxygen atoms in total. The molecule has 3 aromatic rings. The summed E-state index contributed by atoms with van der Waals surface area (Å²) in [5, 5.41) is 8.32. The van der Waals surface area contributed by atoms with Gasteiger partial charge in [0.15, 0.2) is 5.58 Å². The molecule has 4 rings (SSSR count). The molecule has 0 spiro atoms. The van der Waals surface area contributed by atoms with Crippen molar-refractivity contribution in [2.75, 3.05) is 6.54 Å². The standard InChI is InChI=1S/C18H22N4O2/c1-12(2)17-21-20-16(24-17)11-22-10-6-5-8-14(22)18-19-13-7-3-4-9-15(13)23-18/h3-4,7,9,12,14H,5-6,8,10-11H2,1-2H3. The molecule has 1 unspecified atom stereocenters. The fourth-order valence-corrected chi connectivity index (χ4v) is 3.23. The van der Waals surface area contributed by atoms with Crippen LogP contribution in [0.4, 0.5) is 0 Å². The van der Waals surface area contributed by atoms with Gasteiger partial charge >= 0.3 is 0 Å². The van der Waals surface area contributed by atoms with E-state index in [0.29, 0.717) is 18.3 Å². The molecule has 1 aliphatic heterocycles. The number of hydrogen-bond acceptors (Lipinski definition) is 6. The highest BCUT2D eigenvalue weighted by Crippen LogP contribution is 2.33. The van der Waals surface area contributed by atoms with Crippen LogP contribution in [0, 0.1) is 0 Å². The molecular formula is C18H22N4O2. The summed E-state index contributed by atoms with van der Waals surface area (Å²) < 4.78 is 11.8. The third-order valence-electron chi connectivity index (χ3n) is 4.52. The number of fused-ring (bicyclic) bond motifs is 1. The summed E-state index contributed by atoms with van der Waals surface area (Å²) in [6, 6.07) is 8.08. The zero-order valence-electron chi connectivity index (χ0n) is 14.1. The van der Waals surface area contributed by atoms with Crippen LogP contribution >= 0.6 is 0 Å². The van der Waals surface area contributed by atoms with E-state index in [1.807, 2.05) is 24.3 Å². The number of aromatic nitrogens is 3. The van der Waals surface area contributed by atoms with E-state index in [4.69, 9.17) is 8.83 Å². The summed E-state index contributed by atoms with van der Waals surface area (Å²) in [4.78, 5) is 7.03. The van der Waals surface area contributed by atoms with E-state index < -0.39 is 0 Å². The zero-order valence-corrected chi connectivity index (χ0v) is 14.1. The minimum atomic E-state index is 0.167. The SMILES string of the molecule is CC(C)c1nnc(CN2CCCCC2c2nc3ccccc3o2)o1. The van der Waals surface area contributed by atoms with Crippen molar-refractivity contribution in [3.8, 4) is 0 Å². The van der Waals surface area contributed by atoms with Crippen LogP contribution in [0.3, 0.4) is 0 Å². The van der Waals surface area contributed by atoms with Gasteiger partial charge in [0, 0.05) is 5.92 Å². The quantitative estimate of drug-likeness (QED) is 0.720. The lowest BCUT2D eigenvalue weighted by atomic mass is 10.0. The topological polar surface area (TPSA) is 68.2 Å². The van der Waals surface area contributed by atoms with Crippen LogP contribution in [0.1, 0.15) is 62.7 Å². The number of hydrogen-bond donors (Lipinski definition) is 0. The number of oxazole rings is 1. The Morgan fingerprint density at radius 1 is 1.17 bits per heavy atom. The van der Waals surface area contributed by atoms with E-state index in [2.05, 4.69) is 33.9 Å². The first kappa shape index (κ1) is 15.3. The van der Waals surface area contributed by atoms with Gasteiger partial charge in [-0.1, -0.05) is 32.4 Å². The van der Waals surface area contributed by atoms with E-state index in [0.717, 1.165) is 30.0 Å². The summed E-state index contributed by atoms with van der Waals surface area (Å²) in [6.07, 6.45) is 3.39. The van der Waals surface area contributed by atoms with Gasteiger partial charge in [-0.25, -0.2) is 4.98 Å². The molecule has 0 amide bonds. The fourth-order valence-electron chi connectivity index (χ4n) is 3.23. The second kappa shape index (κ2) is 6.36. The largest absolute Gasteiger partial charge is 0.439 e. The second-order valence-electron chi connectivity index (χ2n) is 6.69. The van der Waals surface area contributed by atoms with Gasteiger partial charge in [-0.15, -0.1) is 10.2 Å². The van der Waals surface area contributed by atoms with E-state index in [1.54, 1.807) is 0 Å². The molecule has 1 aliphatic rings. The summed E-state index contributed by atoms with van der Waals surface area (Å²) in [7, 11) is 0. The highest BCUT2D eigenvalue weighted by molar-refractivity contribution is 5.72. The van der Waals surface area contributed by atoms with Crippen molar-refractivity contribution < 1.29 is 8.83 Å². The molecule has 0 radical (unpaired) electrons. The van der Waals surface area contributed by atoms with Gasteiger partial charge in [0.05, 0.1) is 12.6 Å². The average Bonchev–Trinajstić information content (AvgIpc) is 3.22. The molecule has 24 heavy (non-hydrogen) atoms. The minimum absolute atomic E-state index is 0.167. The lowest BCUT2D eigenvalue weighted by Crippen LogP contribution is -2.33. The summed E-state index contributed by atoms with van der Waals surface area (Å²) in [5.41, 5.74) is 1.76. The van der Waals surface area contributed by atoms with Crippen LogP contribution in [0.25, 0.3) is 11.1 Å². The monoisotopic (exact) mass is 326 g/mol. The van der Waals surface area contributed by atoms with Crippen LogP contribution in [0.5, 0.6) is 0 Å². The van der Waals surface area contributed by atoms with Crippen LogP contribution in [0.15, 0.2) is 33.1 Å². The van der Waals surface area contributed by atoms with Gasteiger partial charge in [0.25, 0.3) is 0 Å². The average molecular weight is 326 g/mol. The maximum Gasteiger partial charge on any atom is 0.230 e. The van der Waals surface area contributed by atoms with Crippen molar-refractivity contribution in [1.29, 1.82) is 0 Å². The Morgan fingerprint density at radius 3 is 2.83 bits per heavy atom. The Kier molecular flexibility index (Phi) is 4.06. The first-order valence-corrected chi connectivity index (χ1v) is 8.62. The molecule has 1 aromatic carbocycles. The van der Waals surface area contributed by atoms with Crippen LogP contribution in [-0.4, -0.2) is 26.6 Å². The van der Waals surface area contributed by atoms with Gasteiger partial charge in [-0.3, -0.25) is 4.90 Å². The van der Waals surface area contributed by atoms with Gasteiger partial charge in [-0.2, -0.15) is 0 Å². The van der Waals surface area contributed by atoms with Crippen molar-refractivity contribution >= 4 is 11.1 Å². The number of likely N-dealkylation sites (tertiary alicyclic amines) is 1. The molecule has 1 atom stereocenters. The summed E-state index contributed by atoms with van der Waals surface area (Å²) in [5.74, 6) is 2.40. The van der Waals surface area contributed by atoms with Gasteiger partial charge in [0.1, 0.15) is 5.52 Å². The molecule has 1 saturated heterocycles. The molecule has 3 heterocycles. The molecule has 1 fully saturated rings. The maximum atomic E-state index is 6.00. The Hall–Kier alpha value is -2.21. The smallest absolute Gasteiger partial charge is 0.230 e.